The Morgan fingerprint density at radius 1 is 1.13 bits per heavy atom. The van der Waals surface area contributed by atoms with Gasteiger partial charge < -0.3 is 10.6 Å². The monoisotopic (exact) mass is 212 g/mol. The highest BCUT2D eigenvalue weighted by atomic mass is 16.2. The predicted octanol–water partition coefficient (Wildman–Crippen LogP) is 0.816. The number of hydrogen-bond donors (Lipinski definition) is 2. The summed E-state index contributed by atoms with van der Waals surface area (Å²) in [6, 6.07) is -0.671. The molecule has 2 amide bonds. The third-order valence-corrected chi connectivity index (χ3v) is 2.71. The summed E-state index contributed by atoms with van der Waals surface area (Å²) in [7, 11) is 0. The molecule has 0 spiro atoms. The van der Waals surface area contributed by atoms with E-state index in [9.17, 15) is 9.59 Å². The van der Waals surface area contributed by atoms with Crippen molar-refractivity contribution in [2.75, 3.05) is 0 Å². The van der Waals surface area contributed by atoms with Crippen LogP contribution in [-0.2, 0) is 9.59 Å². The van der Waals surface area contributed by atoms with E-state index in [1.807, 2.05) is 6.92 Å². The normalized spacial score (nSPS) is 26.4. The Balaban J connectivity index is 2.48. The van der Waals surface area contributed by atoms with Gasteiger partial charge in [0.15, 0.2) is 0 Å². The van der Waals surface area contributed by atoms with Crippen LogP contribution in [0.2, 0.25) is 0 Å². The minimum Gasteiger partial charge on any atom is -0.343 e. The summed E-state index contributed by atoms with van der Waals surface area (Å²) in [6.45, 7) is 6.10. The SMILES string of the molecule is CC[C@H]1NC(=O)[C@@H](CCC(C)C)NC1=O. The molecular formula is C11H20N2O2. The number of carbonyl (C=O) groups is 2. The minimum atomic E-state index is -0.340. The maximum absolute atomic E-state index is 11.6. The molecule has 0 unspecified atom stereocenters. The fourth-order valence-corrected chi connectivity index (χ4v) is 1.67. The van der Waals surface area contributed by atoms with Gasteiger partial charge in [0.05, 0.1) is 0 Å². The fourth-order valence-electron chi connectivity index (χ4n) is 1.67. The van der Waals surface area contributed by atoms with Crippen molar-refractivity contribution in [3.63, 3.8) is 0 Å². The summed E-state index contributed by atoms with van der Waals surface area (Å²) in [5, 5.41) is 5.51. The first kappa shape index (κ1) is 12.0. The number of piperazine rings is 1. The van der Waals surface area contributed by atoms with Crippen molar-refractivity contribution in [3.8, 4) is 0 Å². The average Bonchev–Trinajstić information content (AvgIpc) is 2.18. The van der Waals surface area contributed by atoms with Gasteiger partial charge in [0.25, 0.3) is 0 Å². The molecule has 0 bridgehead atoms. The lowest BCUT2D eigenvalue weighted by atomic mass is 10.00. The van der Waals surface area contributed by atoms with E-state index in [2.05, 4.69) is 24.5 Å². The van der Waals surface area contributed by atoms with Crippen molar-refractivity contribution in [2.24, 2.45) is 5.92 Å². The van der Waals surface area contributed by atoms with Crippen molar-refractivity contribution in [1.82, 2.24) is 10.6 Å². The molecule has 2 N–H and O–H groups in total. The van der Waals surface area contributed by atoms with Gasteiger partial charge in [-0.05, 0) is 25.2 Å². The molecule has 0 aromatic rings. The molecule has 1 fully saturated rings. The van der Waals surface area contributed by atoms with Gasteiger partial charge in [-0.1, -0.05) is 20.8 Å². The predicted molar refractivity (Wildman–Crippen MR) is 58.2 cm³/mol. The molecule has 0 aromatic heterocycles. The summed E-state index contributed by atoms with van der Waals surface area (Å²) in [6.07, 6.45) is 2.33. The first-order chi connectivity index (χ1) is 7.04. The maximum atomic E-state index is 11.6. The molecule has 1 saturated heterocycles. The van der Waals surface area contributed by atoms with Crippen LogP contribution in [0.5, 0.6) is 0 Å². The Morgan fingerprint density at radius 3 is 2.20 bits per heavy atom. The van der Waals surface area contributed by atoms with Gasteiger partial charge in [-0.3, -0.25) is 9.59 Å². The van der Waals surface area contributed by atoms with E-state index >= 15 is 0 Å². The molecular weight excluding hydrogens is 192 g/mol. The molecule has 1 heterocycles. The van der Waals surface area contributed by atoms with Crippen LogP contribution in [-0.4, -0.2) is 23.9 Å². The van der Waals surface area contributed by atoms with Crippen molar-refractivity contribution in [2.45, 2.75) is 52.1 Å². The zero-order valence-corrected chi connectivity index (χ0v) is 9.67. The Labute approximate surface area is 90.8 Å². The van der Waals surface area contributed by atoms with Gasteiger partial charge in [0.1, 0.15) is 12.1 Å². The molecule has 0 aliphatic carbocycles. The molecule has 15 heavy (non-hydrogen) atoms. The van der Waals surface area contributed by atoms with Crippen molar-refractivity contribution < 1.29 is 9.59 Å². The van der Waals surface area contributed by atoms with E-state index in [-0.39, 0.29) is 23.9 Å². The topological polar surface area (TPSA) is 58.2 Å². The lowest BCUT2D eigenvalue weighted by Gasteiger charge is -2.29. The van der Waals surface area contributed by atoms with E-state index in [4.69, 9.17) is 0 Å². The summed E-state index contributed by atoms with van der Waals surface area (Å²) in [4.78, 5) is 23.1. The number of amides is 2. The number of rotatable bonds is 4. The Kier molecular flexibility index (Phi) is 4.12. The number of nitrogens with one attached hydrogen (secondary N) is 2. The average molecular weight is 212 g/mol. The first-order valence-electron chi connectivity index (χ1n) is 5.65. The van der Waals surface area contributed by atoms with E-state index in [1.54, 1.807) is 0 Å². The quantitative estimate of drug-likeness (QED) is 0.724. The van der Waals surface area contributed by atoms with Gasteiger partial charge in [0, 0.05) is 0 Å². The molecule has 4 heteroatoms. The summed E-state index contributed by atoms with van der Waals surface area (Å²) in [5.41, 5.74) is 0. The minimum absolute atomic E-state index is 0.0397. The summed E-state index contributed by atoms with van der Waals surface area (Å²) < 4.78 is 0. The zero-order valence-electron chi connectivity index (χ0n) is 9.67. The van der Waals surface area contributed by atoms with Crippen LogP contribution >= 0.6 is 0 Å². The second kappa shape index (κ2) is 5.14. The molecule has 2 atom stereocenters. The second-order valence-corrected chi connectivity index (χ2v) is 4.50. The smallest absolute Gasteiger partial charge is 0.243 e. The van der Waals surface area contributed by atoms with E-state index in [0.29, 0.717) is 12.3 Å². The summed E-state index contributed by atoms with van der Waals surface area (Å²) >= 11 is 0. The number of hydrogen-bond acceptors (Lipinski definition) is 2. The third kappa shape index (κ3) is 3.22. The van der Waals surface area contributed by atoms with Crippen LogP contribution in [0.25, 0.3) is 0 Å². The van der Waals surface area contributed by atoms with Crippen LogP contribution < -0.4 is 10.6 Å². The van der Waals surface area contributed by atoms with Crippen LogP contribution in [0.3, 0.4) is 0 Å². The van der Waals surface area contributed by atoms with Gasteiger partial charge >= 0.3 is 0 Å². The Hall–Kier alpha value is -1.06. The lowest BCUT2D eigenvalue weighted by molar-refractivity contribution is -0.137. The third-order valence-electron chi connectivity index (χ3n) is 2.71. The zero-order chi connectivity index (χ0) is 11.4. The van der Waals surface area contributed by atoms with Crippen molar-refractivity contribution in [3.05, 3.63) is 0 Å². The van der Waals surface area contributed by atoms with Crippen molar-refractivity contribution >= 4 is 11.8 Å². The molecule has 86 valence electrons. The summed E-state index contributed by atoms with van der Waals surface area (Å²) in [5.74, 6) is 0.464. The van der Waals surface area contributed by atoms with E-state index in [1.165, 1.54) is 0 Å². The van der Waals surface area contributed by atoms with Gasteiger partial charge in [-0.2, -0.15) is 0 Å². The molecule has 4 nitrogen and oxygen atoms in total. The highest BCUT2D eigenvalue weighted by Gasteiger charge is 2.31. The van der Waals surface area contributed by atoms with Gasteiger partial charge in [-0.15, -0.1) is 0 Å². The van der Waals surface area contributed by atoms with Gasteiger partial charge in [-0.25, -0.2) is 0 Å². The lowest BCUT2D eigenvalue weighted by Crippen LogP contribution is -2.61. The second-order valence-electron chi connectivity index (χ2n) is 4.50. The molecule has 1 rings (SSSR count). The largest absolute Gasteiger partial charge is 0.343 e. The van der Waals surface area contributed by atoms with Crippen LogP contribution in [0.1, 0.15) is 40.0 Å². The molecule has 1 aliphatic heterocycles. The Bertz CT molecular complexity index is 251. The molecule has 1 aliphatic rings. The highest BCUT2D eigenvalue weighted by molar-refractivity contribution is 5.96. The van der Waals surface area contributed by atoms with E-state index < -0.39 is 0 Å². The van der Waals surface area contributed by atoms with E-state index in [0.717, 1.165) is 12.8 Å². The Morgan fingerprint density at radius 2 is 1.67 bits per heavy atom. The standard InChI is InChI=1S/C11H20N2O2/c1-4-8-10(14)13-9(11(15)12-8)6-5-7(2)3/h7-9H,4-6H2,1-3H3,(H,12,15)(H,13,14)/t8-,9-/m1/s1. The van der Waals surface area contributed by atoms with Crippen LogP contribution in [0.4, 0.5) is 0 Å². The van der Waals surface area contributed by atoms with Crippen molar-refractivity contribution in [1.29, 1.82) is 0 Å². The van der Waals surface area contributed by atoms with Crippen LogP contribution in [0, 0.1) is 5.92 Å². The molecule has 0 saturated carbocycles. The molecule has 0 radical (unpaired) electrons. The molecule has 0 aromatic carbocycles. The van der Waals surface area contributed by atoms with Crippen LogP contribution in [0.15, 0.2) is 0 Å². The maximum Gasteiger partial charge on any atom is 0.243 e. The number of carbonyl (C=O) groups excluding carboxylic acids is 2. The first-order valence-corrected chi connectivity index (χ1v) is 5.65. The highest BCUT2D eigenvalue weighted by Crippen LogP contribution is 2.10. The van der Waals surface area contributed by atoms with Gasteiger partial charge in [0.2, 0.25) is 11.8 Å². The fraction of sp³-hybridized carbons (Fsp3) is 0.818.